The van der Waals surface area contributed by atoms with E-state index in [0.717, 1.165) is 31.2 Å². The average molecular weight is 445 g/mol. The van der Waals surface area contributed by atoms with Crippen LogP contribution in [0.4, 0.5) is 0 Å². The standard InChI is InChI=1S/C23H28N2O5S/c1-18(19-9-5-4-6-10-19)24-22(26)17-30-23(27)20-11-13-21(14-12-20)31(28,29)25-15-7-2-3-8-16-25/h4-6,9-14,18H,2-3,7-8,15-17H2,1H3,(H,24,26). The van der Waals surface area contributed by atoms with Gasteiger partial charge in [0.25, 0.3) is 5.91 Å². The third-order valence-electron chi connectivity index (χ3n) is 5.30. The second-order valence-corrected chi connectivity index (χ2v) is 9.56. The first-order valence-electron chi connectivity index (χ1n) is 10.5. The van der Waals surface area contributed by atoms with Crippen LogP contribution >= 0.6 is 0 Å². The molecule has 0 bridgehead atoms. The minimum atomic E-state index is -3.58. The first-order chi connectivity index (χ1) is 14.9. The van der Waals surface area contributed by atoms with Gasteiger partial charge in [0, 0.05) is 13.1 Å². The molecule has 0 saturated carbocycles. The SMILES string of the molecule is CC(NC(=O)COC(=O)c1ccc(S(=O)(=O)N2CCCCCC2)cc1)c1ccccc1. The number of nitrogens with zero attached hydrogens (tertiary/aromatic N) is 1. The maximum atomic E-state index is 12.8. The van der Waals surface area contributed by atoms with Crippen molar-refractivity contribution in [2.75, 3.05) is 19.7 Å². The minimum absolute atomic E-state index is 0.153. The molecule has 1 atom stereocenters. The highest BCUT2D eigenvalue weighted by molar-refractivity contribution is 7.89. The van der Waals surface area contributed by atoms with Gasteiger partial charge in [-0.3, -0.25) is 4.79 Å². The van der Waals surface area contributed by atoms with Gasteiger partial charge in [0.1, 0.15) is 0 Å². The number of amides is 1. The second kappa shape index (κ2) is 10.5. The van der Waals surface area contributed by atoms with Crippen molar-refractivity contribution in [1.82, 2.24) is 9.62 Å². The van der Waals surface area contributed by atoms with E-state index in [-0.39, 0.29) is 16.5 Å². The Hall–Kier alpha value is -2.71. The Labute approximate surface area is 183 Å². The molecule has 0 aromatic heterocycles. The molecule has 1 saturated heterocycles. The van der Waals surface area contributed by atoms with Crippen LogP contribution in [0.25, 0.3) is 0 Å². The summed E-state index contributed by atoms with van der Waals surface area (Å²) in [4.78, 5) is 24.5. The van der Waals surface area contributed by atoms with Gasteiger partial charge in [0.2, 0.25) is 10.0 Å². The van der Waals surface area contributed by atoms with Crippen molar-refractivity contribution in [2.45, 2.75) is 43.5 Å². The molecule has 31 heavy (non-hydrogen) atoms. The Kier molecular flexibility index (Phi) is 7.81. The lowest BCUT2D eigenvalue weighted by Gasteiger charge is -2.20. The van der Waals surface area contributed by atoms with Gasteiger partial charge >= 0.3 is 5.97 Å². The Morgan fingerprint density at radius 3 is 2.19 bits per heavy atom. The number of esters is 1. The monoisotopic (exact) mass is 444 g/mol. The van der Waals surface area contributed by atoms with Crippen LogP contribution < -0.4 is 5.32 Å². The Morgan fingerprint density at radius 1 is 0.968 bits per heavy atom. The zero-order chi connectivity index (χ0) is 22.3. The van der Waals surface area contributed by atoms with Crippen LogP contribution in [0.1, 0.15) is 54.6 Å². The zero-order valence-corrected chi connectivity index (χ0v) is 18.4. The van der Waals surface area contributed by atoms with Crippen molar-refractivity contribution < 1.29 is 22.7 Å². The van der Waals surface area contributed by atoms with E-state index in [2.05, 4.69) is 5.32 Å². The fraction of sp³-hybridized carbons (Fsp3) is 0.391. The fourth-order valence-electron chi connectivity index (χ4n) is 3.52. The summed E-state index contributed by atoms with van der Waals surface area (Å²) < 4.78 is 32.2. The zero-order valence-electron chi connectivity index (χ0n) is 17.6. The van der Waals surface area contributed by atoms with Gasteiger partial charge < -0.3 is 10.1 Å². The maximum absolute atomic E-state index is 12.8. The molecular weight excluding hydrogens is 416 g/mol. The third kappa shape index (κ3) is 6.15. The number of carbonyl (C=O) groups excluding carboxylic acids is 2. The van der Waals surface area contributed by atoms with E-state index < -0.39 is 28.5 Å². The smallest absolute Gasteiger partial charge is 0.338 e. The molecule has 1 amide bonds. The Bertz CT molecular complexity index is 982. The number of nitrogens with one attached hydrogen (secondary N) is 1. The summed E-state index contributed by atoms with van der Waals surface area (Å²) in [5, 5.41) is 2.77. The van der Waals surface area contributed by atoms with Crippen LogP contribution in [0, 0.1) is 0 Å². The van der Waals surface area contributed by atoms with E-state index in [1.54, 1.807) is 0 Å². The molecule has 0 spiro atoms. The summed E-state index contributed by atoms with van der Waals surface area (Å²) in [5.74, 6) is -1.09. The van der Waals surface area contributed by atoms with Gasteiger partial charge in [0.05, 0.1) is 16.5 Å². The number of rotatable bonds is 7. The van der Waals surface area contributed by atoms with Crippen LogP contribution in [0.3, 0.4) is 0 Å². The Balaban J connectivity index is 1.54. The number of ether oxygens (including phenoxy) is 1. The molecule has 1 N–H and O–H groups in total. The molecule has 166 valence electrons. The third-order valence-corrected chi connectivity index (χ3v) is 7.22. The van der Waals surface area contributed by atoms with E-state index >= 15 is 0 Å². The molecule has 8 heteroatoms. The van der Waals surface area contributed by atoms with Gasteiger partial charge in [-0.1, -0.05) is 43.2 Å². The van der Waals surface area contributed by atoms with Crippen LogP contribution in [0.5, 0.6) is 0 Å². The van der Waals surface area contributed by atoms with Crippen LogP contribution in [-0.2, 0) is 19.6 Å². The summed E-state index contributed by atoms with van der Waals surface area (Å²) in [6, 6.07) is 14.9. The van der Waals surface area contributed by atoms with Crippen molar-refractivity contribution >= 4 is 21.9 Å². The van der Waals surface area contributed by atoms with E-state index in [9.17, 15) is 18.0 Å². The van der Waals surface area contributed by atoms with Gasteiger partial charge in [0.15, 0.2) is 6.61 Å². The highest BCUT2D eigenvalue weighted by Gasteiger charge is 2.25. The van der Waals surface area contributed by atoms with Gasteiger partial charge in [-0.25, -0.2) is 13.2 Å². The van der Waals surface area contributed by atoms with Crippen molar-refractivity contribution in [3.05, 3.63) is 65.7 Å². The molecule has 1 fully saturated rings. The van der Waals surface area contributed by atoms with E-state index in [0.29, 0.717) is 13.1 Å². The quantitative estimate of drug-likeness (QED) is 0.662. The van der Waals surface area contributed by atoms with Crippen LogP contribution in [0.15, 0.2) is 59.5 Å². The summed E-state index contributed by atoms with van der Waals surface area (Å²) in [6.07, 6.45) is 3.78. The summed E-state index contributed by atoms with van der Waals surface area (Å²) in [7, 11) is -3.58. The predicted octanol–water partition coefficient (Wildman–Crippen LogP) is 3.29. The largest absolute Gasteiger partial charge is 0.452 e. The lowest BCUT2D eigenvalue weighted by atomic mass is 10.1. The van der Waals surface area contributed by atoms with Crippen LogP contribution in [0.2, 0.25) is 0 Å². The first-order valence-corrected chi connectivity index (χ1v) is 11.9. The molecule has 3 rings (SSSR count). The maximum Gasteiger partial charge on any atom is 0.338 e. The number of hydrogen-bond acceptors (Lipinski definition) is 5. The lowest BCUT2D eigenvalue weighted by Crippen LogP contribution is -2.32. The van der Waals surface area contributed by atoms with E-state index in [4.69, 9.17) is 4.74 Å². The molecule has 1 heterocycles. The lowest BCUT2D eigenvalue weighted by molar-refractivity contribution is -0.124. The molecular formula is C23H28N2O5S. The predicted molar refractivity (Wildman–Crippen MR) is 117 cm³/mol. The Morgan fingerprint density at radius 2 is 1.58 bits per heavy atom. The second-order valence-electron chi connectivity index (χ2n) is 7.62. The van der Waals surface area contributed by atoms with E-state index in [1.165, 1.54) is 28.6 Å². The number of hydrogen-bond donors (Lipinski definition) is 1. The van der Waals surface area contributed by atoms with Crippen molar-refractivity contribution in [3.8, 4) is 0 Å². The summed E-state index contributed by atoms with van der Waals surface area (Å²) in [5.41, 5.74) is 1.14. The number of carbonyl (C=O) groups is 2. The molecule has 1 aliphatic heterocycles. The average Bonchev–Trinajstić information content (AvgIpc) is 3.08. The summed E-state index contributed by atoms with van der Waals surface area (Å²) >= 11 is 0. The molecule has 2 aromatic carbocycles. The van der Waals surface area contributed by atoms with Crippen LogP contribution in [-0.4, -0.2) is 44.3 Å². The van der Waals surface area contributed by atoms with Crippen molar-refractivity contribution in [1.29, 1.82) is 0 Å². The fourth-order valence-corrected chi connectivity index (χ4v) is 5.03. The molecule has 0 radical (unpaired) electrons. The highest BCUT2D eigenvalue weighted by atomic mass is 32.2. The van der Waals surface area contributed by atoms with E-state index in [1.807, 2.05) is 37.3 Å². The number of sulfonamides is 1. The van der Waals surface area contributed by atoms with Gasteiger partial charge in [-0.15, -0.1) is 0 Å². The number of benzene rings is 2. The van der Waals surface area contributed by atoms with Crippen molar-refractivity contribution in [3.63, 3.8) is 0 Å². The van der Waals surface area contributed by atoms with Crippen molar-refractivity contribution in [2.24, 2.45) is 0 Å². The highest BCUT2D eigenvalue weighted by Crippen LogP contribution is 2.21. The normalized spacial score (nSPS) is 16.2. The molecule has 0 aliphatic carbocycles. The first kappa shape index (κ1) is 23.0. The molecule has 1 unspecified atom stereocenters. The molecule has 1 aliphatic rings. The topological polar surface area (TPSA) is 92.8 Å². The van der Waals surface area contributed by atoms with Gasteiger partial charge in [-0.05, 0) is 49.6 Å². The molecule has 7 nitrogen and oxygen atoms in total. The van der Waals surface area contributed by atoms with Gasteiger partial charge in [-0.2, -0.15) is 4.31 Å². The summed E-state index contributed by atoms with van der Waals surface area (Å²) in [6.45, 7) is 2.47. The molecule has 2 aromatic rings. The minimum Gasteiger partial charge on any atom is -0.452 e.